The fourth-order valence-corrected chi connectivity index (χ4v) is 2.03. The zero-order chi connectivity index (χ0) is 10.0. The van der Waals surface area contributed by atoms with Crippen LogP contribution >= 0.6 is 0 Å². The molecule has 0 atom stereocenters. The van der Waals surface area contributed by atoms with Gasteiger partial charge in [0.1, 0.15) is 5.75 Å². The quantitative estimate of drug-likeness (QED) is 0.779. The van der Waals surface area contributed by atoms with Crippen molar-refractivity contribution < 1.29 is 9.84 Å². The largest absolute Gasteiger partial charge is 0.495 e. The maximum Gasteiger partial charge on any atom is 0.137 e. The van der Waals surface area contributed by atoms with Crippen LogP contribution in [0.1, 0.15) is 31.2 Å². The zero-order valence-electron chi connectivity index (χ0n) is 8.36. The van der Waals surface area contributed by atoms with E-state index in [1.807, 2.05) is 6.07 Å². The Morgan fingerprint density at radius 2 is 2.07 bits per heavy atom. The van der Waals surface area contributed by atoms with Gasteiger partial charge >= 0.3 is 0 Å². The molecule has 76 valence electrons. The molecule has 0 aliphatic heterocycles. The van der Waals surface area contributed by atoms with Gasteiger partial charge in [-0.2, -0.15) is 0 Å². The minimum Gasteiger partial charge on any atom is -0.495 e. The number of rotatable bonds is 2. The van der Waals surface area contributed by atoms with Crippen LogP contribution in [-0.2, 0) is 5.60 Å². The second-order valence-corrected chi connectivity index (χ2v) is 3.85. The van der Waals surface area contributed by atoms with E-state index < -0.39 is 5.60 Å². The van der Waals surface area contributed by atoms with Gasteiger partial charge in [0.05, 0.1) is 18.9 Å². The molecule has 0 spiro atoms. The Morgan fingerprint density at radius 1 is 1.36 bits per heavy atom. The average molecular weight is 193 g/mol. The summed E-state index contributed by atoms with van der Waals surface area (Å²) in [7, 11) is 1.61. The Bertz CT molecular complexity index is 319. The number of ether oxygens (including phenoxy) is 1. The maximum atomic E-state index is 10.3. The third kappa shape index (κ3) is 1.60. The van der Waals surface area contributed by atoms with Crippen LogP contribution in [0.3, 0.4) is 0 Å². The Morgan fingerprint density at radius 3 is 2.71 bits per heavy atom. The molecule has 0 bridgehead atoms. The summed E-state index contributed by atoms with van der Waals surface area (Å²) in [6.07, 6.45) is 7.24. The van der Waals surface area contributed by atoms with Crippen molar-refractivity contribution in [2.75, 3.05) is 7.11 Å². The van der Waals surface area contributed by atoms with Gasteiger partial charge in [0.15, 0.2) is 0 Å². The summed E-state index contributed by atoms with van der Waals surface area (Å²) >= 11 is 0. The summed E-state index contributed by atoms with van der Waals surface area (Å²) in [6.45, 7) is 0. The summed E-state index contributed by atoms with van der Waals surface area (Å²) < 4.78 is 5.09. The molecule has 0 aromatic carbocycles. The maximum absolute atomic E-state index is 10.3. The lowest BCUT2D eigenvalue weighted by Crippen LogP contribution is -2.20. The van der Waals surface area contributed by atoms with E-state index in [1.165, 1.54) is 0 Å². The molecule has 1 aliphatic rings. The smallest absolute Gasteiger partial charge is 0.137 e. The van der Waals surface area contributed by atoms with Crippen molar-refractivity contribution in [2.45, 2.75) is 31.3 Å². The highest BCUT2D eigenvalue weighted by Crippen LogP contribution is 2.38. The summed E-state index contributed by atoms with van der Waals surface area (Å²) in [5.74, 6) is 0.711. The van der Waals surface area contributed by atoms with Crippen LogP contribution in [0.25, 0.3) is 0 Å². The van der Waals surface area contributed by atoms with Gasteiger partial charge in [-0.25, -0.2) is 0 Å². The summed E-state index contributed by atoms with van der Waals surface area (Å²) in [6, 6.07) is 1.87. The predicted octanol–water partition coefficient (Wildman–Crippen LogP) is 1.85. The molecule has 1 saturated carbocycles. The number of aliphatic hydroxyl groups is 1. The minimum atomic E-state index is -0.665. The minimum absolute atomic E-state index is 0.665. The summed E-state index contributed by atoms with van der Waals surface area (Å²) in [5.41, 5.74) is 0.219. The Balaban J connectivity index is 2.30. The van der Waals surface area contributed by atoms with E-state index in [9.17, 15) is 5.11 Å². The molecule has 1 aromatic heterocycles. The van der Waals surface area contributed by atoms with Crippen molar-refractivity contribution in [1.82, 2.24) is 4.98 Å². The van der Waals surface area contributed by atoms with E-state index in [1.54, 1.807) is 19.5 Å². The first-order valence-electron chi connectivity index (χ1n) is 4.96. The highest BCUT2D eigenvalue weighted by molar-refractivity contribution is 5.28. The number of methoxy groups -OCH3 is 1. The van der Waals surface area contributed by atoms with Crippen LogP contribution in [0.15, 0.2) is 18.5 Å². The monoisotopic (exact) mass is 193 g/mol. The van der Waals surface area contributed by atoms with E-state index >= 15 is 0 Å². The molecule has 0 unspecified atom stereocenters. The fourth-order valence-electron chi connectivity index (χ4n) is 2.03. The fraction of sp³-hybridized carbons (Fsp3) is 0.545. The highest BCUT2D eigenvalue weighted by Gasteiger charge is 2.33. The number of aromatic nitrogens is 1. The van der Waals surface area contributed by atoms with Gasteiger partial charge in [-0.05, 0) is 18.9 Å². The molecule has 0 radical (unpaired) electrons. The van der Waals surface area contributed by atoms with Crippen molar-refractivity contribution >= 4 is 0 Å². The van der Waals surface area contributed by atoms with Gasteiger partial charge in [-0.1, -0.05) is 12.8 Å². The molecule has 1 fully saturated rings. The lowest BCUT2D eigenvalue weighted by Gasteiger charge is -2.22. The number of pyridine rings is 1. The van der Waals surface area contributed by atoms with Crippen molar-refractivity contribution in [2.24, 2.45) is 0 Å². The van der Waals surface area contributed by atoms with E-state index in [0.29, 0.717) is 5.75 Å². The highest BCUT2D eigenvalue weighted by atomic mass is 16.5. The van der Waals surface area contributed by atoms with Crippen molar-refractivity contribution in [3.05, 3.63) is 24.0 Å². The molecule has 0 amide bonds. The van der Waals surface area contributed by atoms with Crippen LogP contribution in [0.4, 0.5) is 0 Å². The molecule has 1 aliphatic carbocycles. The molecule has 2 rings (SSSR count). The number of nitrogens with zero attached hydrogens (tertiary/aromatic N) is 1. The number of hydrogen-bond donors (Lipinski definition) is 1. The van der Waals surface area contributed by atoms with Gasteiger partial charge in [0, 0.05) is 11.8 Å². The Labute approximate surface area is 83.7 Å². The van der Waals surface area contributed by atoms with E-state index in [0.717, 1.165) is 31.2 Å². The Kier molecular flexibility index (Phi) is 2.42. The first-order valence-corrected chi connectivity index (χ1v) is 4.96. The van der Waals surface area contributed by atoms with E-state index in [4.69, 9.17) is 4.74 Å². The SMILES string of the molecule is COc1cncc(C2(O)CCCC2)c1. The van der Waals surface area contributed by atoms with E-state index in [-0.39, 0.29) is 0 Å². The first-order chi connectivity index (χ1) is 6.74. The first kappa shape index (κ1) is 9.46. The van der Waals surface area contributed by atoms with Crippen molar-refractivity contribution in [3.63, 3.8) is 0 Å². The molecule has 3 nitrogen and oxygen atoms in total. The molecule has 14 heavy (non-hydrogen) atoms. The standard InChI is InChI=1S/C11H15NO2/c1-14-10-6-9(7-12-8-10)11(13)4-2-3-5-11/h6-8,13H,2-5H2,1H3. The topological polar surface area (TPSA) is 42.4 Å². The summed E-state index contributed by atoms with van der Waals surface area (Å²) in [4.78, 5) is 4.06. The van der Waals surface area contributed by atoms with Gasteiger partial charge in [-0.3, -0.25) is 4.98 Å². The second kappa shape index (κ2) is 3.58. The Hall–Kier alpha value is -1.09. The molecule has 1 N–H and O–H groups in total. The third-order valence-electron chi connectivity index (χ3n) is 2.92. The van der Waals surface area contributed by atoms with Gasteiger partial charge in [-0.15, -0.1) is 0 Å². The number of hydrogen-bond acceptors (Lipinski definition) is 3. The van der Waals surface area contributed by atoms with Gasteiger partial charge < -0.3 is 9.84 Å². The van der Waals surface area contributed by atoms with Gasteiger partial charge in [0.25, 0.3) is 0 Å². The molecule has 0 saturated heterocycles. The third-order valence-corrected chi connectivity index (χ3v) is 2.92. The lowest BCUT2D eigenvalue weighted by atomic mass is 9.94. The average Bonchev–Trinajstić information content (AvgIpc) is 2.67. The van der Waals surface area contributed by atoms with Crippen LogP contribution < -0.4 is 4.74 Å². The van der Waals surface area contributed by atoms with E-state index in [2.05, 4.69) is 4.98 Å². The molecule has 3 heteroatoms. The van der Waals surface area contributed by atoms with Crippen LogP contribution in [0, 0.1) is 0 Å². The van der Waals surface area contributed by atoms with Gasteiger partial charge in [0.2, 0.25) is 0 Å². The molecule has 1 aromatic rings. The lowest BCUT2D eigenvalue weighted by molar-refractivity contribution is 0.0439. The van der Waals surface area contributed by atoms with Crippen LogP contribution in [-0.4, -0.2) is 17.2 Å². The van der Waals surface area contributed by atoms with Crippen molar-refractivity contribution in [1.29, 1.82) is 0 Å². The second-order valence-electron chi connectivity index (χ2n) is 3.85. The summed E-state index contributed by atoms with van der Waals surface area (Å²) in [5, 5.41) is 10.3. The van der Waals surface area contributed by atoms with Crippen LogP contribution in [0.2, 0.25) is 0 Å². The van der Waals surface area contributed by atoms with Crippen LogP contribution in [0.5, 0.6) is 5.75 Å². The predicted molar refractivity (Wildman–Crippen MR) is 53.2 cm³/mol. The van der Waals surface area contributed by atoms with Crippen molar-refractivity contribution in [3.8, 4) is 5.75 Å². The molecule has 1 heterocycles. The normalized spacial score (nSPS) is 19.6. The molecular weight excluding hydrogens is 178 g/mol. The zero-order valence-corrected chi connectivity index (χ0v) is 8.36. The molecular formula is C11H15NO2.